The van der Waals surface area contributed by atoms with E-state index in [1.807, 2.05) is 23.1 Å². The molecule has 2 amide bonds. The fraction of sp³-hybridized carbons (Fsp3) is 0.652. The van der Waals surface area contributed by atoms with Gasteiger partial charge >= 0.3 is 6.03 Å². The van der Waals surface area contributed by atoms with Crippen molar-refractivity contribution >= 4 is 41.7 Å². The predicted octanol–water partition coefficient (Wildman–Crippen LogP) is 2.95. The van der Waals surface area contributed by atoms with Gasteiger partial charge in [-0.15, -0.1) is 24.0 Å². The zero-order chi connectivity index (χ0) is 22.1. The first-order valence-corrected chi connectivity index (χ1v) is 11.5. The summed E-state index contributed by atoms with van der Waals surface area (Å²) in [6.45, 7) is 11.3. The molecule has 1 unspecified atom stereocenters. The molecule has 0 bridgehead atoms. The molecule has 1 atom stereocenters. The second kappa shape index (κ2) is 13.8. The third-order valence-electron chi connectivity index (χ3n) is 6.02. The summed E-state index contributed by atoms with van der Waals surface area (Å²) >= 11 is 0. The van der Waals surface area contributed by atoms with Crippen LogP contribution in [0.1, 0.15) is 32.3 Å². The predicted molar refractivity (Wildman–Crippen MR) is 141 cm³/mol. The number of aliphatic imine (C=N–C) groups is 1. The maximum absolute atomic E-state index is 12.3. The van der Waals surface area contributed by atoms with Crippen LogP contribution in [-0.4, -0.2) is 80.8 Å². The standard InChI is InChI=1S/C23H38N6O2.HI/c1-18(2)21(28-11-13-31-14-12-28)17-26-22(24-3)25-16-19-7-6-8-20(15-19)27-23(30)29-9-4-5-10-29;/h6-8,15,18,21H,4-5,9-14,16-17H2,1-3H3,(H,27,30)(H2,24,25,26);1H. The SMILES string of the molecule is CN=C(NCc1cccc(NC(=O)N2CCCC2)c1)NCC(C(C)C)N1CCOCC1.I. The number of carbonyl (C=O) groups excluding carboxylic acids is 1. The summed E-state index contributed by atoms with van der Waals surface area (Å²) in [5.41, 5.74) is 1.92. The van der Waals surface area contributed by atoms with Gasteiger partial charge < -0.3 is 25.6 Å². The Morgan fingerprint density at radius 3 is 2.50 bits per heavy atom. The summed E-state index contributed by atoms with van der Waals surface area (Å²) in [6, 6.07) is 8.39. The van der Waals surface area contributed by atoms with E-state index in [4.69, 9.17) is 4.74 Å². The van der Waals surface area contributed by atoms with E-state index in [0.717, 1.165) is 76.0 Å². The Morgan fingerprint density at radius 1 is 1.12 bits per heavy atom. The number of urea groups is 1. The van der Waals surface area contributed by atoms with Gasteiger partial charge in [-0.2, -0.15) is 0 Å². The molecule has 8 nitrogen and oxygen atoms in total. The van der Waals surface area contributed by atoms with E-state index in [-0.39, 0.29) is 30.0 Å². The van der Waals surface area contributed by atoms with Gasteiger partial charge in [-0.1, -0.05) is 26.0 Å². The van der Waals surface area contributed by atoms with Crippen molar-refractivity contribution in [3.8, 4) is 0 Å². The lowest BCUT2D eigenvalue weighted by Gasteiger charge is -2.37. The number of hydrogen-bond acceptors (Lipinski definition) is 4. The van der Waals surface area contributed by atoms with Gasteiger partial charge in [0.2, 0.25) is 0 Å². The number of guanidine groups is 1. The highest BCUT2D eigenvalue weighted by Gasteiger charge is 2.24. The van der Waals surface area contributed by atoms with E-state index in [9.17, 15) is 4.79 Å². The highest BCUT2D eigenvalue weighted by atomic mass is 127. The van der Waals surface area contributed by atoms with Gasteiger partial charge in [0.1, 0.15) is 0 Å². The van der Waals surface area contributed by atoms with Crippen LogP contribution in [-0.2, 0) is 11.3 Å². The minimum absolute atomic E-state index is 0. The number of anilines is 1. The van der Waals surface area contributed by atoms with Crippen LogP contribution < -0.4 is 16.0 Å². The largest absolute Gasteiger partial charge is 0.379 e. The van der Waals surface area contributed by atoms with E-state index in [1.54, 1.807) is 7.05 Å². The smallest absolute Gasteiger partial charge is 0.321 e. The van der Waals surface area contributed by atoms with Crippen molar-refractivity contribution in [1.29, 1.82) is 0 Å². The molecular formula is C23H39IN6O2. The van der Waals surface area contributed by atoms with Crippen LogP contribution in [0.25, 0.3) is 0 Å². The lowest BCUT2D eigenvalue weighted by Crippen LogP contribution is -2.52. The Bertz CT molecular complexity index is 733. The molecule has 1 aromatic rings. The highest BCUT2D eigenvalue weighted by molar-refractivity contribution is 14.0. The second-order valence-corrected chi connectivity index (χ2v) is 8.59. The average Bonchev–Trinajstić information content (AvgIpc) is 3.32. The number of benzene rings is 1. The van der Waals surface area contributed by atoms with Crippen molar-refractivity contribution in [1.82, 2.24) is 20.4 Å². The van der Waals surface area contributed by atoms with Crippen molar-refractivity contribution in [2.45, 2.75) is 39.3 Å². The molecule has 0 aliphatic carbocycles. The van der Waals surface area contributed by atoms with Gasteiger partial charge in [0.25, 0.3) is 0 Å². The van der Waals surface area contributed by atoms with Gasteiger partial charge in [0.05, 0.1) is 13.2 Å². The molecule has 9 heteroatoms. The quantitative estimate of drug-likeness (QED) is 0.273. The van der Waals surface area contributed by atoms with Crippen LogP contribution in [0, 0.1) is 5.92 Å². The third-order valence-corrected chi connectivity index (χ3v) is 6.02. The molecule has 0 saturated carbocycles. The van der Waals surface area contributed by atoms with Crippen LogP contribution in [0.15, 0.2) is 29.3 Å². The fourth-order valence-corrected chi connectivity index (χ4v) is 4.18. The van der Waals surface area contributed by atoms with Crippen LogP contribution in [0.3, 0.4) is 0 Å². The summed E-state index contributed by atoms with van der Waals surface area (Å²) in [7, 11) is 1.79. The number of halogens is 1. The minimum Gasteiger partial charge on any atom is -0.379 e. The molecule has 2 heterocycles. The first-order valence-electron chi connectivity index (χ1n) is 11.5. The first kappa shape index (κ1) is 26.7. The molecule has 3 rings (SSSR count). The molecule has 3 N–H and O–H groups in total. The van der Waals surface area contributed by atoms with Crippen molar-refractivity contribution in [2.24, 2.45) is 10.9 Å². The molecular weight excluding hydrogens is 519 g/mol. The molecule has 2 fully saturated rings. The number of morpholine rings is 1. The average molecular weight is 559 g/mol. The van der Waals surface area contributed by atoms with Gasteiger partial charge in [0.15, 0.2) is 5.96 Å². The van der Waals surface area contributed by atoms with Crippen LogP contribution in [0.2, 0.25) is 0 Å². The zero-order valence-corrected chi connectivity index (χ0v) is 21.9. The number of rotatable bonds is 7. The Kier molecular flexibility index (Phi) is 11.5. The van der Waals surface area contributed by atoms with Crippen LogP contribution in [0.5, 0.6) is 0 Å². The summed E-state index contributed by atoms with van der Waals surface area (Å²) in [4.78, 5) is 21.1. The molecule has 180 valence electrons. The number of hydrogen-bond donors (Lipinski definition) is 3. The van der Waals surface area contributed by atoms with E-state index in [1.165, 1.54) is 0 Å². The maximum Gasteiger partial charge on any atom is 0.321 e. The van der Waals surface area contributed by atoms with Crippen molar-refractivity contribution < 1.29 is 9.53 Å². The number of nitrogens with one attached hydrogen (secondary N) is 3. The van der Waals surface area contributed by atoms with E-state index in [0.29, 0.717) is 18.5 Å². The lowest BCUT2D eigenvalue weighted by atomic mass is 10.0. The van der Waals surface area contributed by atoms with Gasteiger partial charge in [0, 0.05) is 58.0 Å². The number of amides is 2. The van der Waals surface area contributed by atoms with Gasteiger partial charge in [-0.3, -0.25) is 9.89 Å². The Balaban J connectivity index is 0.00000363. The fourth-order valence-electron chi connectivity index (χ4n) is 4.18. The van der Waals surface area contributed by atoms with Crippen LogP contribution >= 0.6 is 24.0 Å². The number of ether oxygens (including phenoxy) is 1. The zero-order valence-electron chi connectivity index (χ0n) is 19.6. The normalized spacial score (nSPS) is 18.2. The summed E-state index contributed by atoms with van der Waals surface area (Å²) in [6.07, 6.45) is 2.18. The lowest BCUT2D eigenvalue weighted by molar-refractivity contribution is 0.00752. The highest BCUT2D eigenvalue weighted by Crippen LogP contribution is 2.15. The molecule has 0 aromatic heterocycles. The van der Waals surface area contributed by atoms with E-state index in [2.05, 4.69) is 45.8 Å². The summed E-state index contributed by atoms with van der Waals surface area (Å²) in [5.74, 6) is 1.32. The molecule has 1 aromatic carbocycles. The Labute approximate surface area is 209 Å². The van der Waals surface area contributed by atoms with Crippen molar-refractivity contribution in [3.05, 3.63) is 29.8 Å². The van der Waals surface area contributed by atoms with Gasteiger partial charge in [-0.05, 0) is 36.5 Å². The Morgan fingerprint density at radius 2 is 1.84 bits per heavy atom. The number of nitrogens with zero attached hydrogens (tertiary/aromatic N) is 3. The van der Waals surface area contributed by atoms with Gasteiger partial charge in [-0.25, -0.2) is 4.79 Å². The molecule has 2 aliphatic rings. The topological polar surface area (TPSA) is 81.2 Å². The molecule has 0 radical (unpaired) electrons. The van der Waals surface area contributed by atoms with E-state index >= 15 is 0 Å². The Hall–Kier alpha value is -1.59. The maximum atomic E-state index is 12.3. The molecule has 2 saturated heterocycles. The molecule has 2 aliphatic heterocycles. The monoisotopic (exact) mass is 558 g/mol. The minimum atomic E-state index is -0.0112. The van der Waals surface area contributed by atoms with Crippen LogP contribution in [0.4, 0.5) is 10.5 Å². The van der Waals surface area contributed by atoms with Crippen molar-refractivity contribution in [3.63, 3.8) is 0 Å². The van der Waals surface area contributed by atoms with Crippen molar-refractivity contribution in [2.75, 3.05) is 58.3 Å². The third kappa shape index (κ3) is 8.08. The second-order valence-electron chi connectivity index (χ2n) is 8.59. The number of likely N-dealkylation sites (tertiary alicyclic amines) is 1. The molecule has 32 heavy (non-hydrogen) atoms. The summed E-state index contributed by atoms with van der Waals surface area (Å²) < 4.78 is 5.50. The summed E-state index contributed by atoms with van der Waals surface area (Å²) in [5, 5.41) is 9.89. The van der Waals surface area contributed by atoms with E-state index < -0.39 is 0 Å². The number of carbonyl (C=O) groups is 1. The first-order chi connectivity index (χ1) is 15.1. The molecule has 0 spiro atoms.